The molecule has 6 nitrogen and oxygen atoms in total. The molecule has 0 spiro atoms. The van der Waals surface area contributed by atoms with Crippen molar-refractivity contribution in [3.8, 4) is 0 Å². The second kappa shape index (κ2) is 10.9. The Bertz CT molecular complexity index is 1180. The molecular weight excluding hydrogens is 499 g/mol. The molecule has 0 bridgehead atoms. The van der Waals surface area contributed by atoms with Gasteiger partial charge < -0.3 is 15.4 Å². The van der Waals surface area contributed by atoms with Gasteiger partial charge in [0, 0.05) is 27.2 Å². The molecule has 0 radical (unpaired) electrons. The molecule has 0 aliphatic heterocycles. The molecule has 1 aromatic carbocycles. The number of nitrogens with zero attached hydrogens (tertiary/aromatic N) is 2. The highest BCUT2D eigenvalue weighted by molar-refractivity contribution is 7.80. The number of hydrogen-bond acceptors (Lipinski definition) is 5. The summed E-state index contributed by atoms with van der Waals surface area (Å²) in [6, 6.07) is 7.22. The molecule has 0 saturated heterocycles. The van der Waals surface area contributed by atoms with E-state index in [2.05, 4.69) is 15.7 Å². The zero-order chi connectivity index (χ0) is 23.4. The van der Waals surface area contributed by atoms with E-state index in [4.69, 9.17) is 40.2 Å². The maximum Gasteiger partial charge on any atom is 0.341 e. The lowest BCUT2D eigenvalue weighted by Gasteiger charge is -2.10. The zero-order valence-corrected chi connectivity index (χ0v) is 21.3. The van der Waals surface area contributed by atoms with E-state index in [1.54, 1.807) is 28.2 Å². The van der Waals surface area contributed by atoms with Crippen LogP contribution >= 0.6 is 46.8 Å². The lowest BCUT2D eigenvalue weighted by Crippen LogP contribution is -2.21. The minimum atomic E-state index is -0.300. The number of rotatable bonds is 6. The first-order valence-electron chi connectivity index (χ1n) is 10.8. The van der Waals surface area contributed by atoms with E-state index in [0.29, 0.717) is 39.7 Å². The number of ether oxygens (including phenoxy) is 1. The van der Waals surface area contributed by atoms with Crippen LogP contribution in [0, 0.1) is 0 Å². The van der Waals surface area contributed by atoms with Crippen molar-refractivity contribution in [3.05, 3.63) is 62.1 Å². The Balaban J connectivity index is 1.46. The lowest BCUT2D eigenvalue weighted by atomic mass is 10.1. The summed E-state index contributed by atoms with van der Waals surface area (Å²) in [5, 5.41) is 13.1. The SMILES string of the molecule is CCOC(=O)c1c(NC(=S)Nc2ccn(Cc3ccc(Cl)cc3Cl)n2)sc2c1CCCCC2. The zero-order valence-electron chi connectivity index (χ0n) is 18.1. The van der Waals surface area contributed by atoms with Crippen LogP contribution in [-0.4, -0.2) is 27.5 Å². The van der Waals surface area contributed by atoms with Crippen LogP contribution in [-0.2, 0) is 24.1 Å². The third-order valence-corrected chi connectivity index (χ3v) is 7.36. The number of aromatic nitrogens is 2. The van der Waals surface area contributed by atoms with Crippen molar-refractivity contribution < 1.29 is 9.53 Å². The van der Waals surface area contributed by atoms with Crippen molar-refractivity contribution in [1.29, 1.82) is 0 Å². The summed E-state index contributed by atoms with van der Waals surface area (Å²) in [6.45, 7) is 2.65. The minimum Gasteiger partial charge on any atom is -0.462 e. The Kier molecular flexibility index (Phi) is 7.90. The van der Waals surface area contributed by atoms with Gasteiger partial charge in [-0.15, -0.1) is 11.3 Å². The molecule has 10 heteroatoms. The number of carbonyl (C=O) groups is 1. The molecule has 2 aromatic heterocycles. The molecule has 1 aliphatic rings. The van der Waals surface area contributed by atoms with Crippen molar-refractivity contribution in [2.24, 2.45) is 0 Å². The van der Waals surface area contributed by atoms with Gasteiger partial charge in [0.1, 0.15) is 5.00 Å². The number of benzene rings is 1. The molecule has 2 N–H and O–H groups in total. The number of esters is 1. The first-order chi connectivity index (χ1) is 15.9. The van der Waals surface area contributed by atoms with Gasteiger partial charge in [0.25, 0.3) is 0 Å². The number of nitrogens with one attached hydrogen (secondary N) is 2. The topological polar surface area (TPSA) is 68.2 Å². The summed E-state index contributed by atoms with van der Waals surface area (Å²) in [7, 11) is 0. The number of aryl methyl sites for hydroxylation is 1. The van der Waals surface area contributed by atoms with E-state index >= 15 is 0 Å². The summed E-state index contributed by atoms with van der Waals surface area (Å²) in [6.07, 6.45) is 7.09. The van der Waals surface area contributed by atoms with E-state index in [1.807, 2.05) is 25.3 Å². The maximum atomic E-state index is 12.7. The number of anilines is 2. The van der Waals surface area contributed by atoms with Crippen LogP contribution in [0.3, 0.4) is 0 Å². The Labute approximate surface area is 212 Å². The Morgan fingerprint density at radius 1 is 1.21 bits per heavy atom. The molecule has 3 aromatic rings. The molecule has 0 atom stereocenters. The van der Waals surface area contributed by atoms with Crippen LogP contribution < -0.4 is 10.6 Å². The molecule has 2 heterocycles. The van der Waals surface area contributed by atoms with Gasteiger partial charge in [0.05, 0.1) is 18.7 Å². The number of thiocarbonyl (C=S) groups is 1. The van der Waals surface area contributed by atoms with Crippen LogP contribution in [0.15, 0.2) is 30.5 Å². The molecule has 33 heavy (non-hydrogen) atoms. The van der Waals surface area contributed by atoms with Gasteiger partial charge >= 0.3 is 5.97 Å². The molecule has 4 rings (SSSR count). The lowest BCUT2D eigenvalue weighted by molar-refractivity contribution is 0.0527. The van der Waals surface area contributed by atoms with E-state index in [0.717, 1.165) is 41.8 Å². The monoisotopic (exact) mass is 522 g/mol. The van der Waals surface area contributed by atoms with E-state index < -0.39 is 0 Å². The molecular formula is C23H24Cl2N4O2S2. The van der Waals surface area contributed by atoms with Crippen LogP contribution in [0.25, 0.3) is 0 Å². The maximum absolute atomic E-state index is 12.7. The standard InChI is InChI=1S/C23H24Cl2N4O2S2/c1-2-31-22(30)20-16-6-4-3-5-7-18(16)33-21(20)27-23(32)26-19-10-11-29(28-19)13-14-8-9-15(24)12-17(14)25/h8-12H,2-7,13H2,1H3,(H2,26,27,28,32). The smallest absolute Gasteiger partial charge is 0.341 e. The summed E-state index contributed by atoms with van der Waals surface area (Å²) in [5.74, 6) is 0.291. The quantitative estimate of drug-likeness (QED) is 0.217. The van der Waals surface area contributed by atoms with Crippen LogP contribution in [0.2, 0.25) is 10.0 Å². The van der Waals surface area contributed by atoms with E-state index in [1.165, 1.54) is 11.3 Å². The molecule has 0 amide bonds. The van der Waals surface area contributed by atoms with Crippen LogP contribution in [0.4, 0.5) is 10.8 Å². The Morgan fingerprint density at radius 2 is 2.03 bits per heavy atom. The first kappa shape index (κ1) is 24.0. The molecule has 0 fully saturated rings. The van der Waals surface area contributed by atoms with Crippen molar-refractivity contribution in [2.45, 2.75) is 45.6 Å². The van der Waals surface area contributed by atoms with Gasteiger partial charge in [0.15, 0.2) is 10.9 Å². The van der Waals surface area contributed by atoms with Crippen LogP contribution in [0.5, 0.6) is 0 Å². The van der Waals surface area contributed by atoms with Crippen LogP contribution in [0.1, 0.15) is 52.5 Å². The number of fused-ring (bicyclic) bond motifs is 1. The average molecular weight is 524 g/mol. The summed E-state index contributed by atoms with van der Waals surface area (Å²) < 4.78 is 7.10. The first-order valence-corrected chi connectivity index (χ1v) is 12.8. The summed E-state index contributed by atoms with van der Waals surface area (Å²) in [4.78, 5) is 14.0. The molecule has 0 saturated carbocycles. The molecule has 174 valence electrons. The fraction of sp³-hybridized carbons (Fsp3) is 0.348. The van der Waals surface area contributed by atoms with Crippen molar-refractivity contribution >= 4 is 68.7 Å². The number of hydrogen-bond donors (Lipinski definition) is 2. The highest BCUT2D eigenvalue weighted by atomic mass is 35.5. The van der Waals surface area contributed by atoms with Crippen molar-refractivity contribution in [3.63, 3.8) is 0 Å². The van der Waals surface area contributed by atoms with Crippen molar-refractivity contribution in [1.82, 2.24) is 9.78 Å². The predicted molar refractivity (Wildman–Crippen MR) is 139 cm³/mol. The normalized spacial score (nSPS) is 13.2. The summed E-state index contributed by atoms with van der Waals surface area (Å²) >= 11 is 19.3. The predicted octanol–water partition coefficient (Wildman–Crippen LogP) is 6.55. The fourth-order valence-corrected chi connectivity index (χ4v) is 5.86. The van der Waals surface area contributed by atoms with Gasteiger partial charge in [0.2, 0.25) is 0 Å². The number of thiophene rings is 1. The van der Waals surface area contributed by atoms with E-state index in [-0.39, 0.29) is 5.97 Å². The van der Waals surface area contributed by atoms with E-state index in [9.17, 15) is 4.79 Å². The highest BCUT2D eigenvalue weighted by Crippen LogP contribution is 2.38. The summed E-state index contributed by atoms with van der Waals surface area (Å²) in [5.41, 5.74) is 2.63. The Hall–Kier alpha value is -2.13. The second-order valence-corrected chi connectivity index (χ2v) is 10.1. The van der Waals surface area contributed by atoms with Gasteiger partial charge in [-0.05, 0) is 68.1 Å². The highest BCUT2D eigenvalue weighted by Gasteiger charge is 2.26. The fourth-order valence-electron chi connectivity index (χ4n) is 3.84. The molecule has 1 aliphatic carbocycles. The third kappa shape index (κ3) is 5.87. The number of halogens is 2. The van der Waals surface area contributed by atoms with Gasteiger partial charge in [-0.3, -0.25) is 4.68 Å². The molecule has 0 unspecified atom stereocenters. The van der Waals surface area contributed by atoms with Gasteiger partial charge in [-0.25, -0.2) is 4.79 Å². The minimum absolute atomic E-state index is 0.300. The van der Waals surface area contributed by atoms with Gasteiger partial charge in [-0.1, -0.05) is 35.7 Å². The second-order valence-electron chi connectivity index (χ2n) is 7.70. The Morgan fingerprint density at radius 3 is 2.82 bits per heavy atom. The van der Waals surface area contributed by atoms with Crippen molar-refractivity contribution in [2.75, 3.05) is 17.2 Å². The number of carbonyl (C=O) groups excluding carboxylic acids is 1. The third-order valence-electron chi connectivity index (χ3n) is 5.36. The van der Waals surface area contributed by atoms with Gasteiger partial charge in [-0.2, -0.15) is 5.10 Å². The largest absolute Gasteiger partial charge is 0.462 e. The average Bonchev–Trinajstić information content (AvgIpc) is 3.26.